The van der Waals surface area contributed by atoms with E-state index in [-0.39, 0.29) is 12.2 Å². The number of Topliss-reactive ketones (excluding diaryl/α,β-unsaturated/α-hetero) is 1. The lowest BCUT2D eigenvalue weighted by Gasteiger charge is -2.24. The number of unbranched alkanes of at least 4 members (excludes halogenated alkanes) is 2. The molecule has 3 rings (SSSR count). The fourth-order valence-corrected chi connectivity index (χ4v) is 6.19. The average molecular weight is 492 g/mol. The topological polar surface area (TPSA) is 29.1 Å². The molecule has 3 atom stereocenters. The second kappa shape index (κ2) is 13.2. The van der Waals surface area contributed by atoms with Crippen LogP contribution in [-0.4, -0.2) is 29.9 Å². The number of nitrogens with one attached hydrogen (secondary N) is 1. The van der Waals surface area contributed by atoms with Crippen LogP contribution in [0.15, 0.2) is 12.1 Å². The quantitative estimate of drug-likeness (QED) is 0.268. The zero-order valence-electron chi connectivity index (χ0n) is 21.3. The molecule has 5 heteroatoms. The SMILES string of the molecule is CCC(F)(F)SCCCCCC(=O)c1ccc2c(c1C)=CCC(CCC1CCNC1)C(C)CC=2. The Bertz CT molecular complexity index is 923. The number of rotatable bonds is 12. The van der Waals surface area contributed by atoms with Crippen molar-refractivity contribution < 1.29 is 13.6 Å². The van der Waals surface area contributed by atoms with Gasteiger partial charge in [0, 0.05) is 18.4 Å². The first-order valence-electron chi connectivity index (χ1n) is 13.4. The number of benzene rings is 1. The van der Waals surface area contributed by atoms with E-state index in [0.29, 0.717) is 24.0 Å². The third kappa shape index (κ3) is 7.91. The average Bonchev–Trinajstić information content (AvgIpc) is 3.33. The second-order valence-electron chi connectivity index (χ2n) is 10.4. The van der Waals surface area contributed by atoms with Crippen molar-refractivity contribution in [2.45, 2.75) is 90.2 Å². The lowest BCUT2D eigenvalue weighted by atomic mass is 9.81. The van der Waals surface area contributed by atoms with Gasteiger partial charge in [-0.05, 0) is 104 Å². The van der Waals surface area contributed by atoms with Crippen LogP contribution >= 0.6 is 11.8 Å². The van der Waals surface area contributed by atoms with Gasteiger partial charge in [-0.25, -0.2) is 0 Å². The molecule has 1 aromatic rings. The molecule has 2 aliphatic rings. The molecule has 0 aromatic heterocycles. The third-order valence-corrected chi connectivity index (χ3v) is 9.07. The van der Waals surface area contributed by atoms with E-state index in [2.05, 4.69) is 37.4 Å². The minimum absolute atomic E-state index is 0.125. The van der Waals surface area contributed by atoms with Gasteiger partial charge in [0.15, 0.2) is 5.78 Å². The summed E-state index contributed by atoms with van der Waals surface area (Å²) >= 11 is 0.737. The van der Waals surface area contributed by atoms with Crippen molar-refractivity contribution in [1.82, 2.24) is 5.32 Å². The molecular weight excluding hydrogens is 448 g/mol. The van der Waals surface area contributed by atoms with Crippen molar-refractivity contribution in [3.8, 4) is 0 Å². The fourth-order valence-electron chi connectivity index (χ4n) is 5.34. The number of fused-ring (bicyclic) bond motifs is 1. The zero-order chi connectivity index (χ0) is 24.6. The van der Waals surface area contributed by atoms with Crippen LogP contribution in [0.3, 0.4) is 0 Å². The minimum Gasteiger partial charge on any atom is -0.316 e. The summed E-state index contributed by atoms with van der Waals surface area (Å²) in [5.41, 5.74) is 1.93. The van der Waals surface area contributed by atoms with Crippen molar-refractivity contribution in [2.75, 3.05) is 18.8 Å². The molecule has 2 nitrogen and oxygen atoms in total. The van der Waals surface area contributed by atoms with Gasteiger partial charge in [0.1, 0.15) is 0 Å². The molecule has 1 saturated heterocycles. The molecule has 1 aromatic carbocycles. The molecular formula is C29H43F2NOS. The Labute approximate surface area is 209 Å². The van der Waals surface area contributed by atoms with E-state index in [4.69, 9.17) is 0 Å². The van der Waals surface area contributed by atoms with Crippen molar-refractivity contribution in [3.63, 3.8) is 0 Å². The Balaban J connectivity index is 1.58. The van der Waals surface area contributed by atoms with Crippen LogP contribution in [-0.2, 0) is 0 Å². The van der Waals surface area contributed by atoms with Crippen LogP contribution in [0.25, 0.3) is 12.2 Å². The van der Waals surface area contributed by atoms with Gasteiger partial charge in [-0.3, -0.25) is 4.79 Å². The van der Waals surface area contributed by atoms with Crippen LogP contribution in [0.1, 0.15) is 94.0 Å². The number of alkyl halides is 2. The van der Waals surface area contributed by atoms with Gasteiger partial charge in [-0.15, -0.1) is 0 Å². The predicted octanol–water partition coefficient (Wildman–Crippen LogP) is 6.47. The third-order valence-electron chi connectivity index (χ3n) is 7.87. The molecule has 1 fully saturated rings. The summed E-state index contributed by atoms with van der Waals surface area (Å²) in [7, 11) is 0. The highest BCUT2D eigenvalue weighted by Gasteiger charge is 2.26. The number of thioether (sulfide) groups is 1. The summed E-state index contributed by atoms with van der Waals surface area (Å²) in [6.45, 7) is 8.33. The largest absolute Gasteiger partial charge is 0.316 e. The summed E-state index contributed by atoms with van der Waals surface area (Å²) in [5, 5.41) is 3.36. The molecule has 1 heterocycles. The van der Waals surface area contributed by atoms with Gasteiger partial charge in [0.2, 0.25) is 0 Å². The highest BCUT2D eigenvalue weighted by molar-refractivity contribution is 8.00. The predicted molar refractivity (Wildman–Crippen MR) is 142 cm³/mol. The van der Waals surface area contributed by atoms with E-state index in [1.807, 2.05) is 6.07 Å². The molecule has 190 valence electrons. The van der Waals surface area contributed by atoms with Crippen molar-refractivity contribution in [1.29, 1.82) is 0 Å². The smallest absolute Gasteiger partial charge is 0.293 e. The summed E-state index contributed by atoms with van der Waals surface area (Å²) in [6.07, 6.45) is 13.5. The summed E-state index contributed by atoms with van der Waals surface area (Å²) in [6, 6.07) is 4.11. The van der Waals surface area contributed by atoms with Crippen LogP contribution in [0.2, 0.25) is 0 Å². The molecule has 3 unspecified atom stereocenters. The number of ketones is 1. The van der Waals surface area contributed by atoms with Gasteiger partial charge in [0.05, 0.1) is 0 Å². The normalized spacial score (nSPS) is 22.9. The molecule has 34 heavy (non-hydrogen) atoms. The lowest BCUT2D eigenvalue weighted by molar-refractivity contribution is 0.0976. The van der Waals surface area contributed by atoms with Crippen LogP contribution in [0, 0.1) is 24.7 Å². The maximum absolute atomic E-state index is 13.3. The van der Waals surface area contributed by atoms with Crippen LogP contribution in [0.4, 0.5) is 8.78 Å². The van der Waals surface area contributed by atoms with Gasteiger partial charge in [-0.2, -0.15) is 8.78 Å². The summed E-state index contributed by atoms with van der Waals surface area (Å²) in [4.78, 5) is 13.0. The number of carbonyl (C=O) groups excluding carboxylic acids is 1. The maximum atomic E-state index is 13.3. The Morgan fingerprint density at radius 2 is 1.97 bits per heavy atom. The molecule has 0 bridgehead atoms. The Hall–Kier alpha value is -1.20. The lowest BCUT2D eigenvalue weighted by Crippen LogP contribution is -2.32. The second-order valence-corrected chi connectivity index (χ2v) is 11.7. The Morgan fingerprint density at radius 1 is 1.15 bits per heavy atom. The van der Waals surface area contributed by atoms with Crippen LogP contribution in [0.5, 0.6) is 0 Å². The monoisotopic (exact) mass is 491 g/mol. The van der Waals surface area contributed by atoms with E-state index >= 15 is 0 Å². The standard InChI is InChI=1S/C29H43F2NOS/c1-4-29(30,31)34-19-7-5-6-8-28(33)27-16-14-25-11-9-21(2)24(13-15-26(25)22(27)3)12-10-23-17-18-32-20-23/h11,14-16,21,23-24,32H,4-10,12-13,17-20H2,1-3H3. The molecule has 0 saturated carbocycles. The zero-order valence-corrected chi connectivity index (χ0v) is 22.1. The Morgan fingerprint density at radius 3 is 2.71 bits per heavy atom. The highest BCUT2D eigenvalue weighted by atomic mass is 32.2. The molecule has 1 aliphatic carbocycles. The molecule has 0 spiro atoms. The van der Waals surface area contributed by atoms with Gasteiger partial charge >= 0.3 is 0 Å². The summed E-state index contributed by atoms with van der Waals surface area (Å²) < 4.78 is 26.6. The molecule has 1 N–H and O–H groups in total. The fraction of sp³-hybridized carbons (Fsp3) is 0.690. The van der Waals surface area contributed by atoms with E-state index in [0.717, 1.165) is 60.9 Å². The highest BCUT2D eigenvalue weighted by Crippen LogP contribution is 2.33. The number of halogens is 2. The van der Waals surface area contributed by atoms with Crippen LogP contribution < -0.4 is 15.8 Å². The maximum Gasteiger partial charge on any atom is 0.293 e. The van der Waals surface area contributed by atoms with E-state index in [1.165, 1.54) is 49.7 Å². The van der Waals surface area contributed by atoms with E-state index in [9.17, 15) is 13.6 Å². The number of hydrogen-bond donors (Lipinski definition) is 1. The Kier molecular flexibility index (Phi) is 10.6. The van der Waals surface area contributed by atoms with Gasteiger partial charge in [-0.1, -0.05) is 56.3 Å². The molecule has 0 amide bonds. The number of hydrogen-bond acceptors (Lipinski definition) is 3. The van der Waals surface area contributed by atoms with Crippen molar-refractivity contribution >= 4 is 29.7 Å². The van der Waals surface area contributed by atoms with Gasteiger partial charge < -0.3 is 5.32 Å². The first-order chi connectivity index (χ1) is 16.3. The first kappa shape index (κ1) is 27.4. The molecule has 1 aliphatic heterocycles. The van der Waals surface area contributed by atoms with Gasteiger partial charge in [0.25, 0.3) is 5.25 Å². The molecule has 0 radical (unpaired) electrons. The van der Waals surface area contributed by atoms with E-state index in [1.54, 1.807) is 0 Å². The minimum atomic E-state index is -2.62. The summed E-state index contributed by atoms with van der Waals surface area (Å²) in [5.74, 6) is 2.84. The first-order valence-corrected chi connectivity index (χ1v) is 14.3. The number of carbonyl (C=O) groups is 1. The van der Waals surface area contributed by atoms with Crippen molar-refractivity contribution in [3.05, 3.63) is 33.7 Å². The van der Waals surface area contributed by atoms with E-state index < -0.39 is 5.25 Å². The van der Waals surface area contributed by atoms with Crippen molar-refractivity contribution in [2.24, 2.45) is 17.8 Å².